The zero-order chi connectivity index (χ0) is 24.4. The second-order valence-corrected chi connectivity index (χ2v) is 9.05. The van der Waals surface area contributed by atoms with Gasteiger partial charge in [-0.25, -0.2) is 4.98 Å². The maximum Gasteiger partial charge on any atom is 0.200 e. The van der Waals surface area contributed by atoms with Crippen molar-refractivity contribution in [1.82, 2.24) is 24.3 Å². The summed E-state index contributed by atoms with van der Waals surface area (Å²) in [5.41, 5.74) is 4.40. The highest BCUT2D eigenvalue weighted by atomic mass is 32.1. The minimum atomic E-state index is -0.0556. The number of hydrogen-bond acceptors (Lipinski definition) is 6. The van der Waals surface area contributed by atoms with Crippen LogP contribution in [0.3, 0.4) is 0 Å². The molecule has 34 heavy (non-hydrogen) atoms. The first-order chi connectivity index (χ1) is 16.3. The molecule has 4 rings (SSSR count). The summed E-state index contributed by atoms with van der Waals surface area (Å²) in [7, 11) is 2.07. The summed E-state index contributed by atoms with van der Waals surface area (Å²) in [6, 6.07) is 9.36. The quantitative estimate of drug-likeness (QED) is 0.308. The number of nitrogens with one attached hydrogen (secondary N) is 1. The van der Waals surface area contributed by atoms with E-state index in [0.717, 1.165) is 36.4 Å². The van der Waals surface area contributed by atoms with E-state index in [4.69, 9.17) is 12.2 Å². The van der Waals surface area contributed by atoms with Crippen molar-refractivity contribution in [3.8, 4) is 28.6 Å². The average molecular weight is 479 g/mol. The predicted molar refractivity (Wildman–Crippen MR) is 136 cm³/mol. The molecule has 0 aliphatic heterocycles. The van der Waals surface area contributed by atoms with Crippen molar-refractivity contribution >= 4 is 17.9 Å². The fraction of sp³-hybridized carbons (Fsp3) is 0.320. The highest BCUT2D eigenvalue weighted by Gasteiger charge is 2.19. The van der Waals surface area contributed by atoms with Crippen LogP contribution in [0, 0.1) is 4.77 Å². The smallest absolute Gasteiger partial charge is 0.200 e. The van der Waals surface area contributed by atoms with Crippen molar-refractivity contribution in [3.05, 3.63) is 65.0 Å². The van der Waals surface area contributed by atoms with Crippen molar-refractivity contribution in [1.29, 1.82) is 0 Å². The van der Waals surface area contributed by atoms with Gasteiger partial charge in [-0.2, -0.15) is 5.10 Å². The second-order valence-electron chi connectivity index (χ2n) is 8.66. The first-order valence-electron chi connectivity index (χ1n) is 11.3. The van der Waals surface area contributed by atoms with E-state index < -0.39 is 0 Å². The first-order valence-corrected chi connectivity index (χ1v) is 11.7. The van der Waals surface area contributed by atoms with Crippen molar-refractivity contribution in [3.63, 3.8) is 0 Å². The number of aryl methyl sites for hydroxylation is 1. The van der Waals surface area contributed by atoms with Crippen LogP contribution in [-0.2, 0) is 13.0 Å². The van der Waals surface area contributed by atoms with Crippen LogP contribution >= 0.6 is 12.2 Å². The Morgan fingerprint density at radius 3 is 2.62 bits per heavy atom. The van der Waals surface area contributed by atoms with E-state index in [1.165, 1.54) is 11.6 Å². The topological polar surface area (TPSA) is 95.1 Å². The lowest BCUT2D eigenvalue weighted by Crippen LogP contribution is -2.23. The van der Waals surface area contributed by atoms with Crippen molar-refractivity contribution in [2.75, 3.05) is 18.5 Å². The predicted octanol–water partition coefficient (Wildman–Crippen LogP) is 5.03. The minimum Gasteiger partial charge on any atom is -0.508 e. The van der Waals surface area contributed by atoms with E-state index in [2.05, 4.69) is 50.8 Å². The van der Waals surface area contributed by atoms with Gasteiger partial charge in [0.1, 0.15) is 11.5 Å². The van der Waals surface area contributed by atoms with E-state index in [9.17, 15) is 10.2 Å². The van der Waals surface area contributed by atoms with Crippen LogP contribution in [0.15, 0.2) is 49.1 Å². The molecule has 8 nitrogen and oxygen atoms in total. The highest BCUT2D eigenvalue weighted by molar-refractivity contribution is 7.71. The van der Waals surface area contributed by atoms with Crippen molar-refractivity contribution in [2.24, 2.45) is 0 Å². The Balaban J connectivity index is 1.77. The molecule has 0 unspecified atom stereocenters. The molecule has 9 heteroatoms. The Kier molecular flexibility index (Phi) is 6.74. The number of aromatic hydroxyl groups is 2. The molecule has 0 fully saturated rings. The first kappa shape index (κ1) is 23.6. The lowest BCUT2D eigenvalue weighted by atomic mass is 9.98. The van der Waals surface area contributed by atoms with E-state index in [-0.39, 0.29) is 17.4 Å². The Bertz CT molecular complexity index is 1340. The summed E-state index contributed by atoms with van der Waals surface area (Å²) in [5.74, 6) is 0.570. The molecule has 0 bridgehead atoms. The van der Waals surface area contributed by atoms with Gasteiger partial charge >= 0.3 is 0 Å². The van der Waals surface area contributed by atoms with Crippen LogP contribution in [0.4, 0.5) is 5.69 Å². The molecular formula is C25H30N6O2S. The number of H-pyrrole nitrogens is 1. The summed E-state index contributed by atoms with van der Waals surface area (Å²) in [6.45, 7) is 7.75. The van der Waals surface area contributed by atoms with Gasteiger partial charge in [-0.15, -0.1) is 0 Å². The van der Waals surface area contributed by atoms with Crippen LogP contribution in [0.25, 0.3) is 17.1 Å². The average Bonchev–Trinajstić information content (AvgIpc) is 3.46. The third-order valence-electron chi connectivity index (χ3n) is 6.05. The Morgan fingerprint density at radius 2 is 1.94 bits per heavy atom. The Labute approximate surface area is 204 Å². The van der Waals surface area contributed by atoms with Gasteiger partial charge in [0.2, 0.25) is 0 Å². The van der Waals surface area contributed by atoms with Gasteiger partial charge in [0.25, 0.3) is 0 Å². The number of rotatable bonds is 8. The number of imidazole rings is 1. The molecule has 0 radical (unpaired) electrons. The molecule has 0 spiro atoms. The fourth-order valence-electron chi connectivity index (χ4n) is 4.10. The normalized spacial score (nSPS) is 11.3. The van der Waals surface area contributed by atoms with E-state index in [1.54, 1.807) is 12.3 Å². The molecule has 2 heterocycles. The molecule has 0 saturated heterocycles. The molecule has 0 aliphatic carbocycles. The molecule has 178 valence electrons. The number of likely N-dealkylation sites (N-methyl/N-ethyl adjacent to an activating group) is 1. The van der Waals surface area contributed by atoms with Gasteiger partial charge in [0.05, 0.1) is 17.6 Å². The Hall–Kier alpha value is -3.59. The molecule has 0 atom stereocenters. The number of nitrogens with zero attached hydrogens (tertiary/aromatic N) is 5. The molecule has 2 aromatic carbocycles. The van der Waals surface area contributed by atoms with Crippen LogP contribution in [-0.4, -0.2) is 48.1 Å². The molecule has 0 aliphatic rings. The second kappa shape index (κ2) is 9.72. The van der Waals surface area contributed by atoms with Crippen molar-refractivity contribution < 1.29 is 10.2 Å². The summed E-state index contributed by atoms with van der Waals surface area (Å²) in [4.78, 5) is 6.34. The van der Waals surface area contributed by atoms with E-state index in [1.807, 2.05) is 37.0 Å². The maximum atomic E-state index is 10.6. The summed E-state index contributed by atoms with van der Waals surface area (Å²) < 4.78 is 4.29. The van der Waals surface area contributed by atoms with Crippen LogP contribution in [0.5, 0.6) is 11.5 Å². The van der Waals surface area contributed by atoms with Crippen LogP contribution < -0.4 is 4.90 Å². The highest BCUT2D eigenvalue weighted by Crippen LogP contribution is 2.38. The lowest BCUT2D eigenvalue weighted by molar-refractivity contribution is 0.444. The molecule has 0 amide bonds. The molecule has 0 saturated carbocycles. The zero-order valence-electron chi connectivity index (χ0n) is 19.9. The third kappa shape index (κ3) is 4.56. The molecule has 3 N–H and O–H groups in total. The standard InChI is InChI=1S/C25H30N6O2S/c1-5-17-6-7-18(12-21(17)29(4)10-11-30-9-8-26-15-30)31-24(27-28-25(31)34)20-13-19(16(2)3)22(32)14-23(20)33/h6-9,12-16,32-33H,5,10-11H2,1-4H3,(H,28,34). The van der Waals surface area contributed by atoms with Crippen LogP contribution in [0.1, 0.15) is 37.8 Å². The van der Waals surface area contributed by atoms with Gasteiger partial charge in [0, 0.05) is 44.3 Å². The largest absolute Gasteiger partial charge is 0.508 e. The summed E-state index contributed by atoms with van der Waals surface area (Å²) in [5, 5.41) is 28.2. The van der Waals surface area contributed by atoms with Gasteiger partial charge in [-0.05, 0) is 53.9 Å². The number of aromatic amines is 1. The number of phenols is 2. The van der Waals surface area contributed by atoms with E-state index >= 15 is 0 Å². The minimum absolute atomic E-state index is 0.0556. The molecular weight excluding hydrogens is 448 g/mol. The SMILES string of the molecule is CCc1ccc(-n2c(-c3cc(C(C)C)c(O)cc3O)n[nH]c2=S)cc1N(C)CCn1ccnc1. The van der Waals surface area contributed by atoms with Gasteiger partial charge in [-0.3, -0.25) is 9.67 Å². The van der Waals surface area contributed by atoms with E-state index in [0.29, 0.717) is 16.2 Å². The van der Waals surface area contributed by atoms with Crippen molar-refractivity contribution in [2.45, 2.75) is 39.7 Å². The van der Waals surface area contributed by atoms with Gasteiger partial charge in [0.15, 0.2) is 10.6 Å². The summed E-state index contributed by atoms with van der Waals surface area (Å²) >= 11 is 5.57. The van der Waals surface area contributed by atoms with Crippen LogP contribution in [0.2, 0.25) is 0 Å². The number of benzene rings is 2. The molecule has 2 aromatic heterocycles. The maximum absolute atomic E-state index is 10.6. The lowest BCUT2D eigenvalue weighted by Gasteiger charge is -2.23. The number of aromatic nitrogens is 5. The van der Waals surface area contributed by atoms with Gasteiger partial charge < -0.3 is 19.7 Å². The fourth-order valence-corrected chi connectivity index (χ4v) is 4.34. The monoisotopic (exact) mass is 478 g/mol. The Morgan fingerprint density at radius 1 is 1.15 bits per heavy atom. The number of phenolic OH excluding ortho intramolecular Hbond substituents is 2. The number of anilines is 1. The third-order valence-corrected chi connectivity index (χ3v) is 6.33. The van der Waals surface area contributed by atoms with Gasteiger partial charge in [-0.1, -0.05) is 26.8 Å². The zero-order valence-corrected chi connectivity index (χ0v) is 20.7. The summed E-state index contributed by atoms with van der Waals surface area (Å²) in [6.07, 6.45) is 6.45. The molecule has 4 aromatic rings. The number of hydrogen-bond donors (Lipinski definition) is 3.